The molecule has 0 radical (unpaired) electrons. The molecule has 3 rings (SSSR count). The van der Waals surface area contributed by atoms with E-state index in [1.54, 1.807) is 0 Å². The highest BCUT2D eigenvalue weighted by molar-refractivity contribution is 6.42. The summed E-state index contributed by atoms with van der Waals surface area (Å²) in [6, 6.07) is 0. The molecule has 0 aromatic heterocycles. The van der Waals surface area contributed by atoms with E-state index in [4.69, 9.17) is 5.11 Å². The fourth-order valence-corrected chi connectivity index (χ4v) is 2.23. The predicted molar refractivity (Wildman–Crippen MR) is 60.6 cm³/mol. The summed E-state index contributed by atoms with van der Waals surface area (Å²) >= 11 is 0. The van der Waals surface area contributed by atoms with E-state index in [2.05, 4.69) is 16.1 Å². The number of rotatable bonds is 1. The van der Waals surface area contributed by atoms with Crippen molar-refractivity contribution >= 4 is 17.5 Å². The molecule has 0 saturated carbocycles. The van der Waals surface area contributed by atoms with Crippen molar-refractivity contribution < 1.29 is 9.90 Å². The van der Waals surface area contributed by atoms with Crippen LogP contribution in [0.15, 0.2) is 44.6 Å². The smallest absolute Gasteiger partial charge is 0.350 e. The van der Waals surface area contributed by atoms with E-state index in [1.807, 2.05) is 13.0 Å². The normalized spacial score (nSPS) is 22.1. The molecule has 4 nitrogen and oxygen atoms in total. The molecule has 0 fully saturated rings. The molecule has 4 heteroatoms. The lowest BCUT2D eigenvalue weighted by atomic mass is 9.95. The number of allylic oxidation sites excluding steroid dienone is 4. The zero-order valence-electron chi connectivity index (χ0n) is 8.82. The first-order chi connectivity index (χ1) is 7.66. The Morgan fingerprint density at radius 3 is 2.94 bits per heavy atom. The Balaban J connectivity index is 2.11. The van der Waals surface area contributed by atoms with E-state index in [9.17, 15) is 4.79 Å². The lowest BCUT2D eigenvalue weighted by molar-refractivity contribution is -0.129. The van der Waals surface area contributed by atoms with Crippen LogP contribution >= 0.6 is 0 Å². The first kappa shape index (κ1) is 9.27. The summed E-state index contributed by atoms with van der Waals surface area (Å²) in [5, 5.41) is 8.88. The van der Waals surface area contributed by atoms with Crippen LogP contribution in [0.4, 0.5) is 0 Å². The zero-order valence-corrected chi connectivity index (χ0v) is 8.82. The van der Waals surface area contributed by atoms with Gasteiger partial charge < -0.3 is 5.11 Å². The Labute approximate surface area is 92.4 Å². The minimum absolute atomic E-state index is 0.201. The molecule has 0 amide bonds. The Morgan fingerprint density at radius 2 is 2.19 bits per heavy atom. The quantitative estimate of drug-likeness (QED) is 0.724. The van der Waals surface area contributed by atoms with E-state index in [0.717, 1.165) is 28.8 Å². The SMILES string of the molecule is CC1=C2N=C3N=C(C(=O)O)CC3=C2CC=C1. The number of hydrogen-bond donors (Lipinski definition) is 1. The minimum Gasteiger partial charge on any atom is -0.477 e. The highest BCUT2D eigenvalue weighted by Crippen LogP contribution is 2.38. The minimum atomic E-state index is -0.946. The Morgan fingerprint density at radius 1 is 1.38 bits per heavy atom. The molecule has 0 spiro atoms. The van der Waals surface area contributed by atoms with Gasteiger partial charge in [-0.1, -0.05) is 12.2 Å². The summed E-state index contributed by atoms with van der Waals surface area (Å²) in [4.78, 5) is 19.3. The largest absolute Gasteiger partial charge is 0.477 e. The summed E-state index contributed by atoms with van der Waals surface area (Å²) in [5.74, 6) is -0.343. The number of carboxylic acid groups (broad SMARTS) is 1. The van der Waals surface area contributed by atoms with Crippen molar-refractivity contribution in [1.29, 1.82) is 0 Å². The molecule has 0 saturated heterocycles. The van der Waals surface area contributed by atoms with Crippen LogP contribution in [0.2, 0.25) is 0 Å². The zero-order chi connectivity index (χ0) is 11.3. The molecule has 0 aromatic rings. The molecule has 1 aliphatic carbocycles. The van der Waals surface area contributed by atoms with Gasteiger partial charge in [-0.2, -0.15) is 0 Å². The van der Waals surface area contributed by atoms with Crippen molar-refractivity contribution in [2.75, 3.05) is 0 Å². The molecule has 0 bridgehead atoms. The first-order valence-corrected chi connectivity index (χ1v) is 5.16. The number of aliphatic imine (C=N–C) groups is 2. The first-order valence-electron chi connectivity index (χ1n) is 5.16. The fraction of sp³-hybridized carbons (Fsp3) is 0.250. The van der Waals surface area contributed by atoms with Gasteiger partial charge in [0.05, 0.1) is 5.70 Å². The molecular weight excluding hydrogens is 204 g/mol. The summed E-state index contributed by atoms with van der Waals surface area (Å²) in [6.45, 7) is 2.01. The Hall–Kier alpha value is -1.97. The van der Waals surface area contributed by atoms with Crippen LogP contribution in [0.1, 0.15) is 19.8 Å². The van der Waals surface area contributed by atoms with Crippen LogP contribution in [-0.2, 0) is 4.79 Å². The third kappa shape index (κ3) is 1.13. The number of carbonyl (C=O) groups is 1. The van der Waals surface area contributed by atoms with Gasteiger partial charge in [-0.25, -0.2) is 14.8 Å². The molecule has 0 unspecified atom stereocenters. The maximum absolute atomic E-state index is 10.8. The lowest BCUT2D eigenvalue weighted by Crippen LogP contribution is -2.10. The van der Waals surface area contributed by atoms with Crippen LogP contribution < -0.4 is 0 Å². The molecule has 80 valence electrons. The average molecular weight is 214 g/mol. The third-order valence-corrected chi connectivity index (χ3v) is 3.03. The van der Waals surface area contributed by atoms with Crippen molar-refractivity contribution in [3.63, 3.8) is 0 Å². The van der Waals surface area contributed by atoms with Crippen LogP contribution in [0.5, 0.6) is 0 Å². The molecular formula is C12H10N2O2. The summed E-state index contributed by atoms with van der Waals surface area (Å²) < 4.78 is 0. The van der Waals surface area contributed by atoms with Crippen molar-refractivity contribution in [1.82, 2.24) is 0 Å². The monoisotopic (exact) mass is 214 g/mol. The fourth-order valence-electron chi connectivity index (χ4n) is 2.23. The van der Waals surface area contributed by atoms with Crippen molar-refractivity contribution in [3.8, 4) is 0 Å². The number of hydrogen-bond acceptors (Lipinski definition) is 3. The summed E-state index contributed by atoms with van der Waals surface area (Å²) in [6.07, 6.45) is 5.37. The van der Waals surface area contributed by atoms with Crippen molar-refractivity contribution in [2.24, 2.45) is 9.98 Å². The Kier molecular flexibility index (Phi) is 1.74. The molecule has 0 atom stereocenters. The standard InChI is InChI=1S/C12H10N2O2/c1-6-3-2-4-7-8-5-9(12(15)16)13-11(8)14-10(6)7/h2-3H,4-5H2,1H3,(H,15,16). The van der Waals surface area contributed by atoms with Gasteiger partial charge in [0.1, 0.15) is 5.71 Å². The molecule has 16 heavy (non-hydrogen) atoms. The van der Waals surface area contributed by atoms with E-state index >= 15 is 0 Å². The van der Waals surface area contributed by atoms with Gasteiger partial charge >= 0.3 is 5.97 Å². The van der Waals surface area contributed by atoms with Gasteiger partial charge in [-0.3, -0.25) is 0 Å². The molecule has 2 aliphatic heterocycles. The van der Waals surface area contributed by atoms with Gasteiger partial charge in [0.25, 0.3) is 0 Å². The van der Waals surface area contributed by atoms with Gasteiger partial charge in [-0.15, -0.1) is 0 Å². The molecule has 0 aromatic carbocycles. The number of amidine groups is 1. The van der Waals surface area contributed by atoms with Crippen LogP contribution in [0, 0.1) is 0 Å². The number of aliphatic carboxylic acids is 1. The van der Waals surface area contributed by atoms with Gasteiger partial charge in [0, 0.05) is 12.0 Å². The number of carboxylic acids is 1. The van der Waals surface area contributed by atoms with E-state index in [-0.39, 0.29) is 5.71 Å². The molecule has 3 aliphatic rings. The van der Waals surface area contributed by atoms with Crippen molar-refractivity contribution in [3.05, 3.63) is 34.6 Å². The summed E-state index contributed by atoms with van der Waals surface area (Å²) in [7, 11) is 0. The topological polar surface area (TPSA) is 62.0 Å². The lowest BCUT2D eigenvalue weighted by Gasteiger charge is -2.10. The summed E-state index contributed by atoms with van der Waals surface area (Å²) in [5.41, 5.74) is 4.46. The highest BCUT2D eigenvalue weighted by atomic mass is 16.4. The second-order valence-electron chi connectivity index (χ2n) is 4.07. The van der Waals surface area contributed by atoms with Gasteiger partial charge in [-0.05, 0) is 24.5 Å². The van der Waals surface area contributed by atoms with Crippen LogP contribution in [0.25, 0.3) is 0 Å². The number of fused-ring (bicyclic) bond motifs is 2. The molecule has 1 N–H and O–H groups in total. The van der Waals surface area contributed by atoms with E-state index in [0.29, 0.717) is 12.3 Å². The predicted octanol–water partition coefficient (Wildman–Crippen LogP) is 1.86. The second-order valence-corrected chi connectivity index (χ2v) is 4.07. The van der Waals surface area contributed by atoms with E-state index < -0.39 is 5.97 Å². The highest BCUT2D eigenvalue weighted by Gasteiger charge is 2.32. The number of nitrogens with zero attached hydrogens (tertiary/aromatic N) is 2. The maximum atomic E-state index is 10.8. The van der Waals surface area contributed by atoms with Crippen LogP contribution in [-0.4, -0.2) is 22.6 Å². The van der Waals surface area contributed by atoms with Gasteiger partial charge in [0.2, 0.25) is 0 Å². The van der Waals surface area contributed by atoms with E-state index in [1.165, 1.54) is 0 Å². The second kappa shape index (κ2) is 3.01. The van der Waals surface area contributed by atoms with Crippen LogP contribution in [0.3, 0.4) is 0 Å². The maximum Gasteiger partial charge on any atom is 0.350 e. The third-order valence-electron chi connectivity index (χ3n) is 3.03. The average Bonchev–Trinajstić information content (AvgIpc) is 2.76. The van der Waals surface area contributed by atoms with Crippen molar-refractivity contribution in [2.45, 2.75) is 19.8 Å². The Bertz CT molecular complexity index is 560. The molecule has 2 heterocycles. The van der Waals surface area contributed by atoms with Gasteiger partial charge in [0.15, 0.2) is 5.84 Å².